The Bertz CT molecular complexity index is 327. The van der Waals surface area contributed by atoms with Crippen LogP contribution in [0.25, 0.3) is 0 Å². The van der Waals surface area contributed by atoms with Crippen LogP contribution in [0.4, 0.5) is 0 Å². The maximum Gasteiger partial charge on any atom is 0.161 e. The van der Waals surface area contributed by atoms with Crippen molar-refractivity contribution in [3.8, 4) is 11.5 Å². The normalized spacial score (nSPS) is 16.7. The van der Waals surface area contributed by atoms with E-state index in [1.54, 1.807) is 7.11 Å². The number of methoxy groups -OCH3 is 1. The molecule has 1 aliphatic rings. The van der Waals surface area contributed by atoms with Gasteiger partial charge in [0.05, 0.1) is 13.2 Å². The van der Waals surface area contributed by atoms with Gasteiger partial charge in [0.1, 0.15) is 0 Å². The van der Waals surface area contributed by atoms with Gasteiger partial charge in [0, 0.05) is 0 Å². The molecule has 81 valence electrons. The first kappa shape index (κ1) is 10.3. The van der Waals surface area contributed by atoms with E-state index in [1.165, 1.54) is 12.8 Å². The second kappa shape index (κ2) is 4.56. The van der Waals surface area contributed by atoms with Gasteiger partial charge in [-0.25, -0.2) is 0 Å². The molecule has 1 radical (unpaired) electrons. The van der Waals surface area contributed by atoms with E-state index in [2.05, 4.69) is 6.92 Å². The zero-order chi connectivity index (χ0) is 10.7. The standard InChI is InChI=1S/C13H17O2/c1-10-7-8-12(13(9-10)14-2)15-11-5-3-4-6-11/h7-9,11H,1,3-6H2,2H3. The van der Waals surface area contributed by atoms with Gasteiger partial charge in [-0.1, -0.05) is 6.07 Å². The zero-order valence-corrected chi connectivity index (χ0v) is 9.16. The van der Waals surface area contributed by atoms with Gasteiger partial charge < -0.3 is 9.47 Å². The monoisotopic (exact) mass is 205 g/mol. The fourth-order valence-corrected chi connectivity index (χ4v) is 2.00. The van der Waals surface area contributed by atoms with Gasteiger partial charge in [0.15, 0.2) is 11.5 Å². The van der Waals surface area contributed by atoms with E-state index >= 15 is 0 Å². The molecule has 0 bridgehead atoms. The fraction of sp³-hybridized carbons (Fsp3) is 0.462. The Morgan fingerprint density at radius 3 is 2.60 bits per heavy atom. The van der Waals surface area contributed by atoms with Gasteiger partial charge in [0.25, 0.3) is 0 Å². The van der Waals surface area contributed by atoms with Gasteiger partial charge in [0.2, 0.25) is 0 Å². The molecule has 0 aromatic heterocycles. The summed E-state index contributed by atoms with van der Waals surface area (Å²) in [5.74, 6) is 1.63. The molecule has 1 aliphatic carbocycles. The molecule has 0 amide bonds. The Morgan fingerprint density at radius 1 is 1.20 bits per heavy atom. The van der Waals surface area contributed by atoms with Crippen LogP contribution in [0.5, 0.6) is 11.5 Å². The summed E-state index contributed by atoms with van der Waals surface area (Å²) in [4.78, 5) is 0. The second-order valence-corrected chi connectivity index (χ2v) is 4.01. The number of rotatable bonds is 3. The lowest BCUT2D eigenvalue weighted by Crippen LogP contribution is -2.11. The highest BCUT2D eigenvalue weighted by Crippen LogP contribution is 2.31. The van der Waals surface area contributed by atoms with Gasteiger partial charge in [-0.15, -0.1) is 0 Å². The van der Waals surface area contributed by atoms with Crippen molar-refractivity contribution >= 4 is 0 Å². The molecule has 1 aromatic carbocycles. The lowest BCUT2D eigenvalue weighted by Gasteiger charge is -2.16. The fourth-order valence-electron chi connectivity index (χ4n) is 2.00. The third kappa shape index (κ3) is 2.44. The topological polar surface area (TPSA) is 18.5 Å². The Morgan fingerprint density at radius 2 is 1.93 bits per heavy atom. The van der Waals surface area contributed by atoms with E-state index < -0.39 is 0 Å². The highest BCUT2D eigenvalue weighted by molar-refractivity contribution is 5.43. The van der Waals surface area contributed by atoms with Crippen molar-refractivity contribution in [2.45, 2.75) is 31.8 Å². The molecule has 0 saturated heterocycles. The first-order valence-corrected chi connectivity index (χ1v) is 5.46. The highest BCUT2D eigenvalue weighted by Gasteiger charge is 2.18. The van der Waals surface area contributed by atoms with Gasteiger partial charge in [-0.05, 0) is 50.3 Å². The lowest BCUT2D eigenvalue weighted by atomic mass is 10.2. The molecule has 0 spiro atoms. The van der Waals surface area contributed by atoms with Crippen LogP contribution < -0.4 is 9.47 Å². The summed E-state index contributed by atoms with van der Waals surface area (Å²) in [5, 5.41) is 0. The van der Waals surface area contributed by atoms with E-state index in [9.17, 15) is 0 Å². The molecule has 1 fully saturated rings. The lowest BCUT2D eigenvalue weighted by molar-refractivity contribution is 0.201. The average molecular weight is 205 g/mol. The predicted octanol–water partition coefficient (Wildman–Crippen LogP) is 3.20. The predicted molar refractivity (Wildman–Crippen MR) is 60.3 cm³/mol. The van der Waals surface area contributed by atoms with Crippen LogP contribution in [0.3, 0.4) is 0 Å². The van der Waals surface area contributed by atoms with Gasteiger partial charge >= 0.3 is 0 Å². The zero-order valence-electron chi connectivity index (χ0n) is 9.16. The SMILES string of the molecule is [CH2]c1ccc(OC2CCCC2)c(OC)c1. The van der Waals surface area contributed by atoms with Crippen LogP contribution in [-0.2, 0) is 0 Å². The molecule has 0 atom stereocenters. The summed E-state index contributed by atoms with van der Waals surface area (Å²) in [6.45, 7) is 3.87. The van der Waals surface area contributed by atoms with E-state index in [4.69, 9.17) is 9.47 Å². The van der Waals surface area contributed by atoms with Crippen molar-refractivity contribution in [3.05, 3.63) is 30.7 Å². The van der Waals surface area contributed by atoms with Gasteiger partial charge in [-0.2, -0.15) is 0 Å². The largest absolute Gasteiger partial charge is 0.493 e. The smallest absolute Gasteiger partial charge is 0.161 e. The van der Waals surface area contributed by atoms with Crippen molar-refractivity contribution in [2.24, 2.45) is 0 Å². The summed E-state index contributed by atoms with van der Waals surface area (Å²) < 4.78 is 11.2. The number of hydrogen-bond donors (Lipinski definition) is 0. The van der Waals surface area contributed by atoms with Crippen molar-refractivity contribution < 1.29 is 9.47 Å². The van der Waals surface area contributed by atoms with Gasteiger partial charge in [-0.3, -0.25) is 0 Å². The molecule has 0 heterocycles. The van der Waals surface area contributed by atoms with Crippen LogP contribution in [-0.4, -0.2) is 13.2 Å². The Balaban J connectivity index is 2.12. The molecule has 1 saturated carbocycles. The second-order valence-electron chi connectivity index (χ2n) is 4.01. The average Bonchev–Trinajstić information content (AvgIpc) is 2.73. The van der Waals surface area contributed by atoms with E-state index in [0.29, 0.717) is 6.10 Å². The summed E-state index contributed by atoms with van der Waals surface area (Å²) in [5.41, 5.74) is 0.950. The number of ether oxygens (including phenoxy) is 2. The van der Waals surface area contributed by atoms with Crippen LogP contribution in [0.1, 0.15) is 31.2 Å². The molecule has 0 N–H and O–H groups in total. The third-order valence-corrected chi connectivity index (χ3v) is 2.82. The Labute approximate surface area is 91.2 Å². The molecule has 0 unspecified atom stereocenters. The van der Waals surface area contributed by atoms with Crippen molar-refractivity contribution in [1.29, 1.82) is 0 Å². The Kier molecular flexibility index (Phi) is 3.14. The minimum absolute atomic E-state index is 0.370. The summed E-state index contributed by atoms with van der Waals surface area (Å²) in [7, 11) is 1.66. The van der Waals surface area contributed by atoms with E-state index in [-0.39, 0.29) is 0 Å². The maximum atomic E-state index is 5.90. The van der Waals surface area contributed by atoms with E-state index in [0.717, 1.165) is 29.9 Å². The maximum absolute atomic E-state index is 5.90. The third-order valence-electron chi connectivity index (χ3n) is 2.82. The summed E-state index contributed by atoms with van der Waals surface area (Å²) >= 11 is 0. The first-order chi connectivity index (χ1) is 7.29. The van der Waals surface area contributed by atoms with Crippen LogP contribution in [0.2, 0.25) is 0 Å². The van der Waals surface area contributed by atoms with Crippen molar-refractivity contribution in [1.82, 2.24) is 0 Å². The Hall–Kier alpha value is -1.18. The molecular formula is C13H17O2. The minimum atomic E-state index is 0.370. The summed E-state index contributed by atoms with van der Waals surface area (Å²) in [6, 6.07) is 5.80. The molecular weight excluding hydrogens is 188 g/mol. The molecule has 2 rings (SSSR count). The summed E-state index contributed by atoms with van der Waals surface area (Å²) in [6.07, 6.45) is 5.25. The number of benzene rings is 1. The molecule has 1 aromatic rings. The van der Waals surface area contributed by atoms with E-state index in [1.807, 2.05) is 18.2 Å². The molecule has 2 heteroatoms. The quantitative estimate of drug-likeness (QED) is 0.754. The molecule has 0 aliphatic heterocycles. The minimum Gasteiger partial charge on any atom is -0.493 e. The first-order valence-electron chi connectivity index (χ1n) is 5.46. The van der Waals surface area contributed by atoms with Crippen LogP contribution in [0.15, 0.2) is 18.2 Å². The molecule has 15 heavy (non-hydrogen) atoms. The van der Waals surface area contributed by atoms with Crippen LogP contribution in [0, 0.1) is 6.92 Å². The van der Waals surface area contributed by atoms with Crippen LogP contribution >= 0.6 is 0 Å². The number of hydrogen-bond acceptors (Lipinski definition) is 2. The highest BCUT2D eigenvalue weighted by atomic mass is 16.5. The van der Waals surface area contributed by atoms with Crippen molar-refractivity contribution in [3.63, 3.8) is 0 Å². The molecule has 2 nitrogen and oxygen atoms in total. The van der Waals surface area contributed by atoms with Crippen molar-refractivity contribution in [2.75, 3.05) is 7.11 Å².